The van der Waals surface area contributed by atoms with Gasteiger partial charge in [0.15, 0.2) is 0 Å². The van der Waals surface area contributed by atoms with E-state index < -0.39 is 0 Å². The monoisotopic (exact) mass is 327 g/mol. The summed E-state index contributed by atoms with van der Waals surface area (Å²) >= 11 is 1.73. The van der Waals surface area contributed by atoms with Crippen LogP contribution in [0.1, 0.15) is 23.3 Å². The van der Waals surface area contributed by atoms with Gasteiger partial charge in [-0.1, -0.05) is 24.3 Å². The van der Waals surface area contributed by atoms with Crippen molar-refractivity contribution < 1.29 is 4.79 Å². The number of aromatic nitrogens is 4. The zero-order chi connectivity index (χ0) is 15.9. The largest absolute Gasteiger partial charge is 0.352 e. The number of aromatic amines is 1. The predicted octanol–water partition coefficient (Wildman–Crippen LogP) is 2.57. The topological polar surface area (TPSA) is 83.6 Å². The maximum absolute atomic E-state index is 11.9. The Labute approximate surface area is 137 Å². The number of thiophene rings is 1. The van der Waals surface area contributed by atoms with Gasteiger partial charge in [0.25, 0.3) is 0 Å². The fourth-order valence-electron chi connectivity index (χ4n) is 2.27. The first-order valence-corrected chi connectivity index (χ1v) is 8.31. The lowest BCUT2D eigenvalue weighted by Crippen LogP contribution is -2.22. The number of hydrogen-bond acceptors (Lipinski definition) is 5. The van der Waals surface area contributed by atoms with Crippen molar-refractivity contribution in [3.05, 3.63) is 52.2 Å². The fourth-order valence-corrected chi connectivity index (χ4v) is 3.02. The van der Waals surface area contributed by atoms with Crippen molar-refractivity contribution in [3.8, 4) is 11.4 Å². The Morgan fingerprint density at radius 2 is 2.22 bits per heavy atom. The van der Waals surface area contributed by atoms with Crippen molar-refractivity contribution in [3.63, 3.8) is 0 Å². The molecule has 0 unspecified atom stereocenters. The Kier molecular flexibility index (Phi) is 5.10. The van der Waals surface area contributed by atoms with Gasteiger partial charge < -0.3 is 5.32 Å². The molecule has 3 aromatic rings. The van der Waals surface area contributed by atoms with Crippen LogP contribution < -0.4 is 5.32 Å². The number of carbonyl (C=O) groups excluding carboxylic acids is 1. The second-order valence-electron chi connectivity index (χ2n) is 5.15. The number of rotatable bonds is 7. The Bertz CT molecular complexity index is 740. The van der Waals surface area contributed by atoms with E-state index in [1.54, 1.807) is 11.3 Å². The van der Waals surface area contributed by atoms with Crippen molar-refractivity contribution in [1.82, 2.24) is 25.9 Å². The molecule has 0 atom stereocenters. The van der Waals surface area contributed by atoms with Gasteiger partial charge in [-0.05, 0) is 41.1 Å². The Hall–Kier alpha value is -2.54. The summed E-state index contributed by atoms with van der Waals surface area (Å²) in [5.74, 6) is 0.626. The van der Waals surface area contributed by atoms with Crippen LogP contribution >= 0.6 is 11.3 Å². The lowest BCUT2D eigenvalue weighted by molar-refractivity contribution is -0.121. The summed E-state index contributed by atoms with van der Waals surface area (Å²) in [5, 5.41) is 18.9. The van der Waals surface area contributed by atoms with E-state index in [4.69, 9.17) is 0 Å². The first-order valence-electron chi connectivity index (χ1n) is 7.43. The molecule has 1 aromatic carbocycles. The number of benzene rings is 1. The van der Waals surface area contributed by atoms with Crippen LogP contribution in [0.15, 0.2) is 41.8 Å². The van der Waals surface area contributed by atoms with E-state index in [2.05, 4.69) is 37.4 Å². The van der Waals surface area contributed by atoms with Crippen LogP contribution in [0.5, 0.6) is 0 Å². The Morgan fingerprint density at radius 3 is 3.00 bits per heavy atom. The highest BCUT2D eigenvalue weighted by Crippen LogP contribution is 2.15. The van der Waals surface area contributed by atoms with Gasteiger partial charge in [0, 0.05) is 23.4 Å². The molecule has 0 aliphatic carbocycles. The van der Waals surface area contributed by atoms with Gasteiger partial charge in [-0.2, -0.15) is 5.21 Å². The number of tetrazole rings is 1. The van der Waals surface area contributed by atoms with Crippen LogP contribution in [0.25, 0.3) is 11.4 Å². The highest BCUT2D eigenvalue weighted by Gasteiger charge is 2.05. The maximum Gasteiger partial charge on any atom is 0.220 e. The molecule has 2 heterocycles. The van der Waals surface area contributed by atoms with Gasteiger partial charge in [-0.3, -0.25) is 4.79 Å². The Balaban J connectivity index is 1.46. The summed E-state index contributed by atoms with van der Waals surface area (Å²) in [4.78, 5) is 13.2. The van der Waals surface area contributed by atoms with Gasteiger partial charge in [-0.15, -0.1) is 21.5 Å². The first kappa shape index (κ1) is 15.4. The molecule has 0 spiro atoms. The number of hydrogen-bond donors (Lipinski definition) is 2. The van der Waals surface area contributed by atoms with Crippen LogP contribution in [0.2, 0.25) is 0 Å². The SMILES string of the molecule is O=C(CCCc1cccs1)NCc1cccc(-c2nn[nH]n2)c1. The zero-order valence-corrected chi connectivity index (χ0v) is 13.3. The average molecular weight is 327 g/mol. The molecule has 2 N–H and O–H groups in total. The summed E-state index contributed by atoms with van der Waals surface area (Å²) in [6, 6.07) is 11.9. The van der Waals surface area contributed by atoms with E-state index in [-0.39, 0.29) is 5.91 Å². The fraction of sp³-hybridized carbons (Fsp3) is 0.250. The smallest absolute Gasteiger partial charge is 0.220 e. The second kappa shape index (κ2) is 7.64. The number of nitrogens with one attached hydrogen (secondary N) is 2. The van der Waals surface area contributed by atoms with Crippen LogP contribution in [0.3, 0.4) is 0 Å². The number of amides is 1. The molecule has 6 nitrogen and oxygen atoms in total. The second-order valence-corrected chi connectivity index (χ2v) is 6.18. The molecule has 1 amide bonds. The normalized spacial score (nSPS) is 10.6. The molecule has 0 radical (unpaired) electrons. The number of H-pyrrole nitrogens is 1. The lowest BCUT2D eigenvalue weighted by Gasteiger charge is -2.06. The summed E-state index contributed by atoms with van der Waals surface area (Å²) in [7, 11) is 0. The average Bonchev–Trinajstić information content (AvgIpc) is 3.27. The minimum Gasteiger partial charge on any atom is -0.352 e. The zero-order valence-electron chi connectivity index (χ0n) is 12.5. The third-order valence-corrected chi connectivity index (χ3v) is 4.36. The minimum atomic E-state index is 0.0755. The molecule has 7 heteroatoms. The van der Waals surface area contributed by atoms with E-state index >= 15 is 0 Å². The highest BCUT2D eigenvalue weighted by atomic mass is 32.1. The van der Waals surface area contributed by atoms with E-state index in [1.165, 1.54) is 4.88 Å². The van der Waals surface area contributed by atoms with E-state index in [0.717, 1.165) is 24.0 Å². The minimum absolute atomic E-state index is 0.0755. The standard InChI is InChI=1S/C16H17N5OS/c22-15(8-2-6-14-7-3-9-23-14)17-11-12-4-1-5-13(10-12)16-18-20-21-19-16/h1,3-5,7,9-10H,2,6,8,11H2,(H,17,22)(H,18,19,20,21). The van der Waals surface area contributed by atoms with Gasteiger partial charge in [0.2, 0.25) is 11.7 Å². The molecule has 0 bridgehead atoms. The van der Waals surface area contributed by atoms with Gasteiger partial charge in [0.05, 0.1) is 0 Å². The van der Waals surface area contributed by atoms with Crippen molar-refractivity contribution in [2.75, 3.05) is 0 Å². The van der Waals surface area contributed by atoms with Gasteiger partial charge >= 0.3 is 0 Å². The summed E-state index contributed by atoms with van der Waals surface area (Å²) in [6.07, 6.45) is 2.37. The quantitative estimate of drug-likeness (QED) is 0.698. The third kappa shape index (κ3) is 4.46. The predicted molar refractivity (Wildman–Crippen MR) is 88.7 cm³/mol. The molecule has 2 aromatic heterocycles. The van der Waals surface area contributed by atoms with Crippen molar-refractivity contribution in [1.29, 1.82) is 0 Å². The molecule has 118 valence electrons. The van der Waals surface area contributed by atoms with Gasteiger partial charge in [-0.25, -0.2) is 0 Å². The number of aryl methyl sites for hydroxylation is 1. The van der Waals surface area contributed by atoms with E-state index in [9.17, 15) is 4.79 Å². The van der Waals surface area contributed by atoms with E-state index in [0.29, 0.717) is 18.8 Å². The summed E-state index contributed by atoms with van der Waals surface area (Å²) in [5.41, 5.74) is 1.89. The highest BCUT2D eigenvalue weighted by molar-refractivity contribution is 7.09. The molecule has 3 rings (SSSR count). The molecule has 0 fully saturated rings. The molecule has 0 saturated heterocycles. The number of carbonyl (C=O) groups is 1. The van der Waals surface area contributed by atoms with Crippen LogP contribution in [0, 0.1) is 0 Å². The maximum atomic E-state index is 11.9. The molecular weight excluding hydrogens is 310 g/mol. The molecular formula is C16H17N5OS. The van der Waals surface area contributed by atoms with Gasteiger partial charge in [0.1, 0.15) is 0 Å². The van der Waals surface area contributed by atoms with Crippen LogP contribution in [0.4, 0.5) is 0 Å². The van der Waals surface area contributed by atoms with Crippen molar-refractivity contribution in [2.24, 2.45) is 0 Å². The molecule has 23 heavy (non-hydrogen) atoms. The molecule has 0 saturated carbocycles. The number of nitrogens with zero attached hydrogens (tertiary/aromatic N) is 3. The lowest BCUT2D eigenvalue weighted by atomic mass is 10.1. The van der Waals surface area contributed by atoms with Crippen molar-refractivity contribution in [2.45, 2.75) is 25.8 Å². The summed E-state index contributed by atoms with van der Waals surface area (Å²) < 4.78 is 0. The molecule has 0 aliphatic rings. The van der Waals surface area contributed by atoms with E-state index in [1.807, 2.05) is 30.3 Å². The van der Waals surface area contributed by atoms with Crippen molar-refractivity contribution >= 4 is 17.2 Å². The summed E-state index contributed by atoms with van der Waals surface area (Å²) in [6.45, 7) is 0.503. The Morgan fingerprint density at radius 1 is 1.26 bits per heavy atom. The van der Waals surface area contributed by atoms with Crippen LogP contribution in [-0.4, -0.2) is 26.5 Å². The third-order valence-electron chi connectivity index (χ3n) is 3.43. The first-order chi connectivity index (χ1) is 11.3. The van der Waals surface area contributed by atoms with Crippen LogP contribution in [-0.2, 0) is 17.8 Å². The molecule has 0 aliphatic heterocycles.